The zero-order valence-electron chi connectivity index (χ0n) is 19.3. The molecule has 3 nitrogen and oxygen atoms in total. The van der Waals surface area contributed by atoms with E-state index in [1.165, 1.54) is 16.8 Å². The predicted octanol–water partition coefficient (Wildman–Crippen LogP) is 6.57. The Morgan fingerprint density at radius 1 is 1.03 bits per heavy atom. The topological polar surface area (TPSA) is 29.9 Å². The number of hydrogen-bond donors (Lipinski definition) is 0. The number of benzene rings is 1. The summed E-state index contributed by atoms with van der Waals surface area (Å²) < 4.78 is 8.61. The van der Waals surface area contributed by atoms with Crippen molar-refractivity contribution < 1.29 is 8.98 Å². The zero-order chi connectivity index (χ0) is 21.6. The van der Waals surface area contributed by atoms with Gasteiger partial charge in [-0.3, -0.25) is 0 Å². The molecule has 4 aromatic rings. The van der Waals surface area contributed by atoms with Gasteiger partial charge in [0, 0.05) is 28.6 Å². The first-order valence-corrected chi connectivity index (χ1v) is 10.9. The molecule has 0 bridgehead atoms. The van der Waals surface area contributed by atoms with Crippen LogP contribution in [0.3, 0.4) is 0 Å². The first-order chi connectivity index (χ1) is 14.1. The van der Waals surface area contributed by atoms with Crippen molar-refractivity contribution >= 4 is 22.1 Å². The molecule has 1 aromatic carbocycles. The molecule has 0 N–H and O–H groups in total. The van der Waals surface area contributed by atoms with Gasteiger partial charge in [-0.25, -0.2) is 9.55 Å². The van der Waals surface area contributed by atoms with E-state index in [9.17, 15) is 0 Å². The van der Waals surface area contributed by atoms with Crippen LogP contribution >= 0.6 is 0 Å². The number of aromatic nitrogens is 2. The van der Waals surface area contributed by atoms with E-state index >= 15 is 0 Å². The third kappa shape index (κ3) is 3.98. The van der Waals surface area contributed by atoms with E-state index in [0.29, 0.717) is 5.92 Å². The number of hydrogen-bond acceptors (Lipinski definition) is 2. The number of nitrogens with zero attached hydrogens (tertiary/aromatic N) is 2. The Balaban J connectivity index is 1.92. The second-order valence-electron chi connectivity index (χ2n) is 10.3. The smallest absolute Gasteiger partial charge is 0.227 e. The van der Waals surface area contributed by atoms with Crippen LogP contribution in [0.5, 0.6) is 0 Å². The quantitative estimate of drug-likeness (QED) is 0.362. The maximum atomic E-state index is 6.41. The lowest BCUT2D eigenvalue weighted by molar-refractivity contribution is -0.660. The van der Waals surface area contributed by atoms with Crippen LogP contribution in [-0.4, -0.2) is 4.98 Å². The average Bonchev–Trinajstić information content (AvgIpc) is 2.99. The lowest BCUT2D eigenvalue weighted by Gasteiger charge is -2.18. The molecule has 3 heterocycles. The lowest BCUT2D eigenvalue weighted by atomic mass is 9.88. The van der Waals surface area contributed by atoms with Gasteiger partial charge in [-0.2, -0.15) is 0 Å². The third-order valence-electron chi connectivity index (χ3n) is 5.60. The highest BCUT2D eigenvalue weighted by Gasteiger charge is 2.22. The minimum atomic E-state index is 0.244. The fraction of sp³-hybridized carbons (Fsp3) is 0.407. The van der Waals surface area contributed by atoms with Crippen molar-refractivity contribution in [1.29, 1.82) is 0 Å². The minimum absolute atomic E-state index is 0.244. The van der Waals surface area contributed by atoms with E-state index < -0.39 is 0 Å². The van der Waals surface area contributed by atoms with E-state index in [-0.39, 0.29) is 5.41 Å². The molecular formula is C27H33N2O+. The molecule has 0 saturated carbocycles. The zero-order valence-corrected chi connectivity index (χ0v) is 19.3. The van der Waals surface area contributed by atoms with Crippen molar-refractivity contribution in [3.05, 3.63) is 59.4 Å². The lowest BCUT2D eigenvalue weighted by Crippen LogP contribution is -2.31. The summed E-state index contributed by atoms with van der Waals surface area (Å²) in [5, 5.41) is 2.22. The van der Waals surface area contributed by atoms with Crippen LogP contribution in [0, 0.1) is 18.3 Å². The second-order valence-corrected chi connectivity index (χ2v) is 10.3. The first kappa shape index (κ1) is 20.6. The van der Waals surface area contributed by atoms with Crippen molar-refractivity contribution in [1.82, 2.24) is 4.98 Å². The number of fused-ring (bicyclic) bond motifs is 3. The Kier molecular flexibility index (Phi) is 5.17. The van der Waals surface area contributed by atoms with Crippen molar-refractivity contribution in [2.75, 3.05) is 0 Å². The summed E-state index contributed by atoms with van der Waals surface area (Å²) in [6.07, 6.45) is 4.16. The van der Waals surface area contributed by atoms with E-state index in [4.69, 9.17) is 9.40 Å². The Morgan fingerprint density at radius 3 is 2.47 bits per heavy atom. The maximum absolute atomic E-state index is 6.41. The SMILES string of the molecule is Cc1ccc2c(oc3nc(CC(C)C)ccc32)c1-c1cc(CC(C)(C)C)cc[n+]1C. The van der Waals surface area contributed by atoms with Crippen molar-refractivity contribution in [2.24, 2.45) is 18.4 Å². The normalized spacial score (nSPS) is 12.4. The van der Waals surface area contributed by atoms with Gasteiger partial charge in [0.15, 0.2) is 11.8 Å². The van der Waals surface area contributed by atoms with Crippen LogP contribution in [0.4, 0.5) is 0 Å². The van der Waals surface area contributed by atoms with Crippen LogP contribution in [0.1, 0.15) is 51.4 Å². The van der Waals surface area contributed by atoms with Crippen LogP contribution in [0.25, 0.3) is 33.3 Å². The van der Waals surface area contributed by atoms with Crippen LogP contribution in [-0.2, 0) is 19.9 Å². The molecule has 0 saturated heterocycles. The van der Waals surface area contributed by atoms with Gasteiger partial charge in [-0.15, -0.1) is 0 Å². The highest BCUT2D eigenvalue weighted by Crippen LogP contribution is 2.37. The van der Waals surface area contributed by atoms with Crippen LogP contribution in [0.15, 0.2) is 47.0 Å². The Hall–Kier alpha value is -2.68. The number of furan rings is 1. The van der Waals surface area contributed by atoms with Crippen molar-refractivity contribution in [2.45, 2.75) is 54.4 Å². The predicted molar refractivity (Wildman–Crippen MR) is 125 cm³/mol. The molecule has 0 atom stereocenters. The first-order valence-electron chi connectivity index (χ1n) is 10.9. The molecule has 0 aliphatic heterocycles. The molecule has 0 spiro atoms. The second kappa shape index (κ2) is 7.54. The highest BCUT2D eigenvalue weighted by atomic mass is 16.3. The van der Waals surface area contributed by atoms with Gasteiger partial charge in [0.25, 0.3) is 0 Å². The molecule has 3 aromatic heterocycles. The molecule has 0 radical (unpaired) electrons. The maximum Gasteiger partial charge on any atom is 0.227 e. The fourth-order valence-corrected chi connectivity index (χ4v) is 4.29. The summed E-state index contributed by atoms with van der Waals surface area (Å²) in [6, 6.07) is 13.2. The Morgan fingerprint density at radius 2 is 1.77 bits per heavy atom. The van der Waals surface area contributed by atoms with Crippen LogP contribution in [0.2, 0.25) is 0 Å². The number of rotatable bonds is 4. The van der Waals surface area contributed by atoms with Crippen molar-refractivity contribution in [3.63, 3.8) is 0 Å². The van der Waals surface area contributed by atoms with Gasteiger partial charge < -0.3 is 4.42 Å². The van der Waals surface area contributed by atoms with Crippen LogP contribution < -0.4 is 4.57 Å². The molecule has 3 heteroatoms. The third-order valence-corrected chi connectivity index (χ3v) is 5.60. The number of aryl methyl sites for hydroxylation is 2. The van der Waals surface area contributed by atoms with Gasteiger partial charge in [0.05, 0.1) is 5.56 Å². The van der Waals surface area contributed by atoms with Gasteiger partial charge in [-0.1, -0.05) is 46.8 Å². The summed E-state index contributed by atoms with van der Waals surface area (Å²) >= 11 is 0. The Bertz CT molecular complexity index is 1230. The summed E-state index contributed by atoms with van der Waals surface area (Å²) in [5.74, 6) is 0.571. The van der Waals surface area contributed by atoms with E-state index in [1.807, 2.05) is 0 Å². The number of pyridine rings is 2. The minimum Gasteiger partial charge on any atom is -0.437 e. The van der Waals surface area contributed by atoms with E-state index in [0.717, 1.165) is 46.2 Å². The molecular weight excluding hydrogens is 368 g/mol. The molecule has 0 fully saturated rings. The molecule has 0 unspecified atom stereocenters. The summed E-state index contributed by atoms with van der Waals surface area (Å²) in [7, 11) is 2.11. The largest absolute Gasteiger partial charge is 0.437 e. The monoisotopic (exact) mass is 401 g/mol. The summed E-state index contributed by atoms with van der Waals surface area (Å²) in [6.45, 7) is 13.4. The Labute approximate surface area is 179 Å². The molecule has 0 aliphatic rings. The summed E-state index contributed by atoms with van der Waals surface area (Å²) in [4.78, 5) is 4.83. The highest BCUT2D eigenvalue weighted by molar-refractivity contribution is 6.08. The fourth-order valence-electron chi connectivity index (χ4n) is 4.29. The average molecular weight is 402 g/mol. The molecule has 30 heavy (non-hydrogen) atoms. The van der Waals surface area contributed by atoms with Gasteiger partial charge in [-0.05, 0) is 54.4 Å². The van der Waals surface area contributed by atoms with E-state index in [1.54, 1.807) is 0 Å². The molecule has 0 aliphatic carbocycles. The molecule has 0 amide bonds. The van der Waals surface area contributed by atoms with E-state index in [2.05, 4.69) is 95.8 Å². The van der Waals surface area contributed by atoms with Gasteiger partial charge in [0.2, 0.25) is 11.4 Å². The standard InChI is InChI=1S/C27H33N2O/c1-17(2)14-20-9-11-22-21-10-8-18(3)24(25(21)30-26(22)28-20)23-15-19(12-13-29(23)7)16-27(4,5)6/h8-13,15,17H,14,16H2,1-7H3/q+1. The van der Waals surface area contributed by atoms with Crippen molar-refractivity contribution in [3.8, 4) is 11.3 Å². The van der Waals surface area contributed by atoms with Gasteiger partial charge >= 0.3 is 0 Å². The summed E-state index contributed by atoms with van der Waals surface area (Å²) in [5.41, 5.74) is 7.91. The van der Waals surface area contributed by atoms with Gasteiger partial charge in [0.1, 0.15) is 7.05 Å². The molecule has 4 rings (SSSR count). The molecule has 156 valence electrons.